The SMILES string of the molecule is CCCC(Nc1ccc2nccnc2n1)c1cccs1. The van der Waals surface area contributed by atoms with E-state index in [1.165, 1.54) is 4.88 Å². The second-order valence-corrected chi connectivity index (χ2v) is 5.58. The maximum absolute atomic E-state index is 4.53. The van der Waals surface area contributed by atoms with Crippen LogP contribution >= 0.6 is 11.3 Å². The van der Waals surface area contributed by atoms with Crippen LogP contribution in [-0.2, 0) is 0 Å². The average Bonchev–Trinajstić information content (AvgIpc) is 3.01. The molecule has 0 bridgehead atoms. The highest BCUT2D eigenvalue weighted by Crippen LogP contribution is 2.27. The molecule has 0 spiro atoms. The number of aromatic nitrogens is 3. The summed E-state index contributed by atoms with van der Waals surface area (Å²) < 4.78 is 0. The van der Waals surface area contributed by atoms with Gasteiger partial charge in [-0.3, -0.25) is 4.98 Å². The molecule has 3 rings (SSSR count). The summed E-state index contributed by atoms with van der Waals surface area (Å²) in [5.41, 5.74) is 1.50. The minimum absolute atomic E-state index is 0.307. The van der Waals surface area contributed by atoms with Crippen molar-refractivity contribution in [3.05, 3.63) is 46.9 Å². The van der Waals surface area contributed by atoms with Crippen molar-refractivity contribution < 1.29 is 0 Å². The zero-order chi connectivity index (χ0) is 13.8. The van der Waals surface area contributed by atoms with Gasteiger partial charge in [0.1, 0.15) is 11.3 Å². The number of hydrogen-bond acceptors (Lipinski definition) is 5. The first-order chi connectivity index (χ1) is 9.86. The van der Waals surface area contributed by atoms with Gasteiger partial charge in [0, 0.05) is 17.3 Å². The molecule has 0 amide bonds. The monoisotopic (exact) mass is 284 g/mol. The van der Waals surface area contributed by atoms with Gasteiger partial charge in [-0.15, -0.1) is 11.3 Å². The van der Waals surface area contributed by atoms with Crippen LogP contribution < -0.4 is 5.32 Å². The fourth-order valence-corrected chi connectivity index (χ4v) is 2.99. The molecular formula is C15H16N4S. The number of thiophene rings is 1. The van der Waals surface area contributed by atoms with E-state index in [-0.39, 0.29) is 0 Å². The molecule has 5 heteroatoms. The Morgan fingerprint density at radius 1 is 1.20 bits per heavy atom. The number of hydrogen-bond donors (Lipinski definition) is 1. The van der Waals surface area contributed by atoms with Crippen molar-refractivity contribution in [2.45, 2.75) is 25.8 Å². The fourth-order valence-electron chi connectivity index (χ4n) is 2.18. The van der Waals surface area contributed by atoms with Crippen molar-refractivity contribution in [3.8, 4) is 0 Å². The van der Waals surface area contributed by atoms with E-state index in [2.05, 4.69) is 44.7 Å². The van der Waals surface area contributed by atoms with Gasteiger partial charge >= 0.3 is 0 Å². The molecular weight excluding hydrogens is 268 g/mol. The highest BCUT2D eigenvalue weighted by Gasteiger charge is 2.12. The third-order valence-electron chi connectivity index (χ3n) is 3.12. The van der Waals surface area contributed by atoms with Crippen LogP contribution in [0.1, 0.15) is 30.7 Å². The Labute approximate surface area is 121 Å². The van der Waals surface area contributed by atoms with Crippen LogP contribution in [0.25, 0.3) is 11.2 Å². The molecule has 20 heavy (non-hydrogen) atoms. The Bertz CT molecular complexity index is 681. The van der Waals surface area contributed by atoms with Gasteiger partial charge in [0.25, 0.3) is 0 Å². The van der Waals surface area contributed by atoms with Crippen LogP contribution in [0.3, 0.4) is 0 Å². The first-order valence-corrected chi connectivity index (χ1v) is 7.62. The Kier molecular flexibility index (Phi) is 3.87. The van der Waals surface area contributed by atoms with Crippen LogP contribution in [0.4, 0.5) is 5.82 Å². The Balaban J connectivity index is 1.86. The largest absolute Gasteiger partial charge is 0.362 e. The maximum Gasteiger partial charge on any atom is 0.180 e. The molecule has 102 valence electrons. The van der Waals surface area contributed by atoms with Crippen molar-refractivity contribution in [1.29, 1.82) is 0 Å². The highest BCUT2D eigenvalue weighted by molar-refractivity contribution is 7.10. The predicted molar refractivity (Wildman–Crippen MR) is 82.9 cm³/mol. The third-order valence-corrected chi connectivity index (χ3v) is 4.10. The number of anilines is 1. The van der Waals surface area contributed by atoms with Gasteiger partial charge in [-0.2, -0.15) is 0 Å². The summed E-state index contributed by atoms with van der Waals surface area (Å²) in [6, 6.07) is 8.48. The fraction of sp³-hybridized carbons (Fsp3) is 0.267. The Hall–Kier alpha value is -2.01. The van der Waals surface area contributed by atoms with Gasteiger partial charge in [0.15, 0.2) is 5.65 Å². The molecule has 0 fully saturated rings. The van der Waals surface area contributed by atoms with Gasteiger partial charge in [-0.25, -0.2) is 9.97 Å². The third kappa shape index (κ3) is 2.77. The van der Waals surface area contributed by atoms with Crippen LogP contribution in [0, 0.1) is 0 Å². The lowest BCUT2D eigenvalue weighted by molar-refractivity contribution is 0.685. The molecule has 0 radical (unpaired) electrons. The molecule has 0 aromatic carbocycles. The summed E-state index contributed by atoms with van der Waals surface area (Å²) in [4.78, 5) is 14.4. The molecule has 0 aliphatic carbocycles. The van der Waals surface area contributed by atoms with E-state index in [1.54, 1.807) is 23.7 Å². The van der Waals surface area contributed by atoms with E-state index in [4.69, 9.17) is 0 Å². The lowest BCUT2D eigenvalue weighted by atomic mass is 10.1. The van der Waals surface area contributed by atoms with Crippen molar-refractivity contribution in [1.82, 2.24) is 15.0 Å². The smallest absolute Gasteiger partial charge is 0.180 e. The first kappa shape index (κ1) is 13.0. The topological polar surface area (TPSA) is 50.7 Å². The van der Waals surface area contributed by atoms with E-state index in [0.29, 0.717) is 11.7 Å². The molecule has 3 heterocycles. The lowest BCUT2D eigenvalue weighted by Gasteiger charge is -2.17. The molecule has 1 unspecified atom stereocenters. The van der Waals surface area contributed by atoms with E-state index in [9.17, 15) is 0 Å². The van der Waals surface area contributed by atoms with Gasteiger partial charge in [-0.05, 0) is 30.0 Å². The van der Waals surface area contributed by atoms with Crippen LogP contribution in [0.2, 0.25) is 0 Å². The average molecular weight is 284 g/mol. The summed E-state index contributed by atoms with van der Waals surface area (Å²) in [5, 5.41) is 5.62. The minimum Gasteiger partial charge on any atom is -0.362 e. The van der Waals surface area contributed by atoms with E-state index in [1.807, 2.05) is 12.1 Å². The highest BCUT2D eigenvalue weighted by atomic mass is 32.1. The van der Waals surface area contributed by atoms with Crippen LogP contribution in [0.15, 0.2) is 42.0 Å². The molecule has 1 N–H and O–H groups in total. The van der Waals surface area contributed by atoms with E-state index < -0.39 is 0 Å². The van der Waals surface area contributed by atoms with Gasteiger partial charge in [0.2, 0.25) is 0 Å². The lowest BCUT2D eigenvalue weighted by Crippen LogP contribution is -2.10. The molecule has 3 aromatic rings. The zero-order valence-corrected chi connectivity index (χ0v) is 12.1. The minimum atomic E-state index is 0.307. The molecule has 3 aromatic heterocycles. The number of fused-ring (bicyclic) bond motifs is 1. The summed E-state index contributed by atoms with van der Waals surface area (Å²) in [7, 11) is 0. The van der Waals surface area contributed by atoms with Crippen LogP contribution in [0.5, 0.6) is 0 Å². The Morgan fingerprint density at radius 2 is 2.10 bits per heavy atom. The summed E-state index contributed by atoms with van der Waals surface area (Å²) >= 11 is 1.78. The Morgan fingerprint density at radius 3 is 2.90 bits per heavy atom. The van der Waals surface area contributed by atoms with Gasteiger partial charge in [0.05, 0.1) is 6.04 Å². The quantitative estimate of drug-likeness (QED) is 0.768. The van der Waals surface area contributed by atoms with Crippen molar-refractivity contribution in [2.24, 2.45) is 0 Å². The van der Waals surface area contributed by atoms with Crippen molar-refractivity contribution in [2.75, 3.05) is 5.32 Å². The summed E-state index contributed by atoms with van der Waals surface area (Å²) in [6.07, 6.45) is 5.56. The molecule has 4 nitrogen and oxygen atoms in total. The summed E-state index contributed by atoms with van der Waals surface area (Å²) in [6.45, 7) is 2.20. The number of nitrogens with zero attached hydrogens (tertiary/aromatic N) is 3. The number of rotatable bonds is 5. The second-order valence-electron chi connectivity index (χ2n) is 4.60. The first-order valence-electron chi connectivity index (χ1n) is 6.74. The van der Waals surface area contributed by atoms with Gasteiger partial charge < -0.3 is 5.32 Å². The number of pyridine rings is 1. The predicted octanol–water partition coefficient (Wildman–Crippen LogP) is 4.04. The molecule has 1 atom stereocenters. The second kappa shape index (κ2) is 5.96. The van der Waals surface area contributed by atoms with Crippen molar-refractivity contribution in [3.63, 3.8) is 0 Å². The normalized spacial score (nSPS) is 12.4. The van der Waals surface area contributed by atoms with E-state index in [0.717, 1.165) is 24.2 Å². The molecule has 0 saturated heterocycles. The number of nitrogens with one attached hydrogen (secondary N) is 1. The maximum atomic E-state index is 4.53. The summed E-state index contributed by atoms with van der Waals surface area (Å²) in [5.74, 6) is 0.852. The van der Waals surface area contributed by atoms with E-state index >= 15 is 0 Å². The van der Waals surface area contributed by atoms with Crippen LogP contribution in [-0.4, -0.2) is 15.0 Å². The van der Waals surface area contributed by atoms with Crippen molar-refractivity contribution >= 4 is 28.3 Å². The molecule has 0 saturated carbocycles. The molecule has 0 aliphatic heterocycles. The molecule has 0 aliphatic rings. The standard InChI is InChI=1S/C15H16N4S/c1-2-4-11(13-5-3-10-20-13)18-14-7-6-12-15(19-14)17-9-8-16-12/h3,5-11H,2,4H2,1H3,(H,17,18,19). The zero-order valence-electron chi connectivity index (χ0n) is 11.3. The van der Waals surface area contributed by atoms with Gasteiger partial charge in [-0.1, -0.05) is 19.4 Å².